The predicted molar refractivity (Wildman–Crippen MR) is 69.8 cm³/mol. The Hall–Kier alpha value is -1.71. The summed E-state index contributed by atoms with van der Waals surface area (Å²) in [4.78, 5) is 13.8. The van der Waals surface area contributed by atoms with Crippen molar-refractivity contribution < 1.29 is 4.79 Å². The first kappa shape index (κ1) is 11.8. The van der Waals surface area contributed by atoms with Gasteiger partial charge >= 0.3 is 0 Å². The Morgan fingerprint density at radius 1 is 1.18 bits per heavy atom. The van der Waals surface area contributed by atoms with Gasteiger partial charge in [-0.3, -0.25) is 4.79 Å². The van der Waals surface area contributed by atoms with Crippen LogP contribution >= 0.6 is 0 Å². The number of nitrogens with zero attached hydrogens (tertiary/aromatic N) is 1. The number of carbonyl (C=O) groups excluding carboxylic acids is 1. The van der Waals surface area contributed by atoms with E-state index in [-0.39, 0.29) is 5.91 Å². The molecule has 1 saturated heterocycles. The molecule has 0 aromatic heterocycles. The van der Waals surface area contributed by atoms with Gasteiger partial charge in [-0.05, 0) is 43.5 Å². The van der Waals surface area contributed by atoms with Gasteiger partial charge in [0, 0.05) is 24.5 Å². The van der Waals surface area contributed by atoms with Crippen LogP contribution in [0.15, 0.2) is 24.3 Å². The van der Waals surface area contributed by atoms with Gasteiger partial charge in [0.1, 0.15) is 0 Å². The van der Waals surface area contributed by atoms with Crippen LogP contribution in [0.25, 0.3) is 0 Å². The molecule has 3 N–H and O–H groups in total. The molecule has 0 radical (unpaired) electrons. The average Bonchev–Trinajstić information content (AvgIpc) is 2.39. The van der Waals surface area contributed by atoms with Crippen molar-refractivity contribution in [1.82, 2.24) is 4.90 Å². The van der Waals surface area contributed by atoms with Crippen molar-refractivity contribution in [3.63, 3.8) is 0 Å². The Morgan fingerprint density at radius 2 is 1.82 bits per heavy atom. The lowest BCUT2D eigenvalue weighted by Crippen LogP contribution is -2.39. The molecule has 0 bridgehead atoms. The molecule has 2 rings (SSSR count). The molecule has 1 aromatic carbocycles. The van der Waals surface area contributed by atoms with E-state index >= 15 is 0 Å². The second-order valence-electron chi connectivity index (χ2n) is 4.42. The molecule has 1 heterocycles. The van der Waals surface area contributed by atoms with E-state index in [4.69, 9.17) is 5.73 Å². The second-order valence-corrected chi connectivity index (χ2v) is 4.42. The van der Waals surface area contributed by atoms with Crippen molar-refractivity contribution in [3.05, 3.63) is 24.3 Å². The maximum absolute atomic E-state index is 11.9. The van der Waals surface area contributed by atoms with Crippen LogP contribution in [-0.2, 0) is 4.79 Å². The molecule has 0 saturated carbocycles. The lowest BCUT2D eigenvalue weighted by molar-refractivity contribution is -0.130. The van der Waals surface area contributed by atoms with E-state index < -0.39 is 0 Å². The van der Waals surface area contributed by atoms with Gasteiger partial charge in [0.25, 0.3) is 0 Å². The van der Waals surface area contributed by atoms with Crippen molar-refractivity contribution >= 4 is 17.3 Å². The minimum Gasteiger partial charge on any atom is -0.399 e. The first-order chi connectivity index (χ1) is 8.25. The fourth-order valence-electron chi connectivity index (χ4n) is 2.03. The van der Waals surface area contributed by atoms with Gasteiger partial charge in [0.15, 0.2) is 0 Å². The van der Waals surface area contributed by atoms with Crippen molar-refractivity contribution in [2.45, 2.75) is 19.3 Å². The number of amides is 1. The van der Waals surface area contributed by atoms with Crippen molar-refractivity contribution in [2.24, 2.45) is 0 Å². The molecule has 1 aliphatic rings. The number of anilines is 2. The Labute approximate surface area is 102 Å². The number of rotatable bonds is 3. The van der Waals surface area contributed by atoms with Gasteiger partial charge in [-0.2, -0.15) is 0 Å². The van der Waals surface area contributed by atoms with Crippen LogP contribution in [0.4, 0.5) is 11.4 Å². The largest absolute Gasteiger partial charge is 0.399 e. The van der Waals surface area contributed by atoms with Crippen LogP contribution in [0.5, 0.6) is 0 Å². The summed E-state index contributed by atoms with van der Waals surface area (Å²) in [7, 11) is 0. The number of benzene rings is 1. The Morgan fingerprint density at radius 3 is 2.47 bits per heavy atom. The van der Waals surface area contributed by atoms with Crippen LogP contribution in [0.2, 0.25) is 0 Å². The molecule has 4 nitrogen and oxygen atoms in total. The van der Waals surface area contributed by atoms with E-state index in [1.54, 1.807) is 0 Å². The van der Waals surface area contributed by atoms with Gasteiger partial charge in [0.05, 0.1) is 6.54 Å². The fourth-order valence-corrected chi connectivity index (χ4v) is 2.03. The number of hydrogen-bond acceptors (Lipinski definition) is 3. The zero-order valence-corrected chi connectivity index (χ0v) is 9.98. The van der Waals surface area contributed by atoms with Gasteiger partial charge in [0.2, 0.25) is 5.91 Å². The number of nitrogens with one attached hydrogen (secondary N) is 1. The summed E-state index contributed by atoms with van der Waals surface area (Å²) in [6.45, 7) is 2.18. The first-order valence-corrected chi connectivity index (χ1v) is 6.13. The number of piperidine rings is 1. The van der Waals surface area contributed by atoms with Crippen LogP contribution in [0.3, 0.4) is 0 Å². The molecule has 0 unspecified atom stereocenters. The first-order valence-electron chi connectivity index (χ1n) is 6.13. The quantitative estimate of drug-likeness (QED) is 0.781. The number of likely N-dealkylation sites (tertiary alicyclic amines) is 1. The third kappa shape index (κ3) is 3.37. The Kier molecular flexibility index (Phi) is 3.85. The monoisotopic (exact) mass is 233 g/mol. The molecule has 1 fully saturated rings. The predicted octanol–water partition coefficient (Wildman–Crippen LogP) is 1.69. The average molecular weight is 233 g/mol. The molecule has 0 aliphatic carbocycles. The van der Waals surface area contributed by atoms with Crippen molar-refractivity contribution in [3.8, 4) is 0 Å². The highest BCUT2D eigenvalue weighted by Crippen LogP contribution is 2.11. The van der Waals surface area contributed by atoms with Crippen LogP contribution in [0, 0.1) is 0 Å². The van der Waals surface area contributed by atoms with Crippen molar-refractivity contribution in [2.75, 3.05) is 30.7 Å². The number of nitrogens with two attached hydrogens (primary N) is 1. The summed E-state index contributed by atoms with van der Waals surface area (Å²) in [6, 6.07) is 7.43. The zero-order chi connectivity index (χ0) is 12.1. The third-order valence-electron chi connectivity index (χ3n) is 3.06. The van der Waals surface area contributed by atoms with Crippen molar-refractivity contribution in [1.29, 1.82) is 0 Å². The van der Waals surface area contributed by atoms with Crippen LogP contribution < -0.4 is 11.1 Å². The number of hydrogen-bond donors (Lipinski definition) is 2. The Balaban J connectivity index is 1.81. The minimum absolute atomic E-state index is 0.182. The van der Waals surface area contributed by atoms with E-state index in [1.165, 1.54) is 6.42 Å². The summed E-state index contributed by atoms with van der Waals surface area (Å²) < 4.78 is 0. The van der Waals surface area contributed by atoms with E-state index in [9.17, 15) is 4.79 Å². The molecular weight excluding hydrogens is 214 g/mol. The second kappa shape index (κ2) is 5.57. The lowest BCUT2D eigenvalue weighted by atomic mass is 10.1. The lowest BCUT2D eigenvalue weighted by Gasteiger charge is -2.26. The molecule has 0 spiro atoms. The molecule has 92 valence electrons. The molecule has 4 heteroatoms. The highest BCUT2D eigenvalue weighted by molar-refractivity contribution is 5.81. The van der Waals surface area contributed by atoms with Gasteiger partial charge in [-0.15, -0.1) is 0 Å². The molecule has 17 heavy (non-hydrogen) atoms. The number of carbonyl (C=O) groups is 1. The fraction of sp³-hybridized carbons (Fsp3) is 0.462. The third-order valence-corrected chi connectivity index (χ3v) is 3.06. The summed E-state index contributed by atoms with van der Waals surface area (Å²) in [6.07, 6.45) is 3.51. The van der Waals surface area contributed by atoms with E-state index in [0.29, 0.717) is 6.54 Å². The van der Waals surface area contributed by atoms with Crippen LogP contribution in [0.1, 0.15) is 19.3 Å². The SMILES string of the molecule is Nc1ccc(NCC(=O)N2CCCCC2)cc1. The Bertz CT molecular complexity index is 369. The number of nitrogen functional groups attached to an aromatic ring is 1. The topological polar surface area (TPSA) is 58.4 Å². The molecule has 1 amide bonds. The molecule has 1 aliphatic heterocycles. The van der Waals surface area contributed by atoms with Gasteiger partial charge in [-0.25, -0.2) is 0 Å². The molecular formula is C13H19N3O. The normalized spacial score (nSPS) is 15.6. The maximum Gasteiger partial charge on any atom is 0.241 e. The van der Waals surface area contributed by atoms with E-state index in [1.807, 2.05) is 29.2 Å². The summed E-state index contributed by atoms with van der Waals surface area (Å²) in [5.41, 5.74) is 7.27. The highest BCUT2D eigenvalue weighted by atomic mass is 16.2. The summed E-state index contributed by atoms with van der Waals surface area (Å²) >= 11 is 0. The van der Waals surface area contributed by atoms with Gasteiger partial charge < -0.3 is 16.0 Å². The van der Waals surface area contributed by atoms with Crippen LogP contribution in [-0.4, -0.2) is 30.4 Å². The maximum atomic E-state index is 11.9. The summed E-state index contributed by atoms with van der Waals surface area (Å²) in [5, 5.41) is 3.12. The molecule has 1 aromatic rings. The van der Waals surface area contributed by atoms with E-state index in [0.717, 1.165) is 37.3 Å². The standard InChI is InChI=1S/C13H19N3O/c14-11-4-6-12(7-5-11)15-10-13(17)16-8-2-1-3-9-16/h4-7,15H,1-3,8-10,14H2. The highest BCUT2D eigenvalue weighted by Gasteiger charge is 2.15. The minimum atomic E-state index is 0.182. The van der Waals surface area contributed by atoms with Gasteiger partial charge in [-0.1, -0.05) is 0 Å². The smallest absolute Gasteiger partial charge is 0.241 e. The van der Waals surface area contributed by atoms with E-state index in [2.05, 4.69) is 5.32 Å². The zero-order valence-electron chi connectivity index (χ0n) is 9.98. The summed E-state index contributed by atoms with van der Waals surface area (Å²) in [5.74, 6) is 0.182. The molecule has 0 atom stereocenters.